The van der Waals surface area contributed by atoms with E-state index in [1.807, 2.05) is 19.0 Å². The molecule has 2 aliphatic heterocycles. The summed E-state index contributed by atoms with van der Waals surface area (Å²) in [5, 5.41) is 0. The molecule has 0 aromatic heterocycles. The van der Waals surface area contributed by atoms with E-state index in [1.165, 1.54) is 0 Å². The first-order valence-electron chi connectivity index (χ1n) is 6.01. The highest BCUT2D eigenvalue weighted by Gasteiger charge is 2.41. The highest BCUT2D eigenvalue weighted by molar-refractivity contribution is 5.93. The highest BCUT2D eigenvalue weighted by Crippen LogP contribution is 2.31. The van der Waals surface area contributed by atoms with Gasteiger partial charge in [-0.3, -0.25) is 9.89 Å². The van der Waals surface area contributed by atoms with Crippen LogP contribution in [0.4, 0.5) is 0 Å². The van der Waals surface area contributed by atoms with Crippen LogP contribution in [0.2, 0.25) is 0 Å². The standard InChI is InChI=1S/C13H22N4.6CH4/c1-8-9(2)16(6)12-10(3)15(5)11(4)17(7)13(12)14-8;;;;;;/h8-9,12H,3-4H2,1-2,5-7H3;6*1H4. The number of likely N-dealkylation sites (N-methyl/N-ethyl adjacent to an activating group) is 3. The molecular formula is C19H46N4. The van der Waals surface area contributed by atoms with Crippen LogP contribution in [0.25, 0.3) is 0 Å². The summed E-state index contributed by atoms with van der Waals surface area (Å²) < 4.78 is 0. The maximum atomic E-state index is 4.80. The number of fused-ring (bicyclic) bond motifs is 1. The Morgan fingerprint density at radius 1 is 0.826 bits per heavy atom. The van der Waals surface area contributed by atoms with Gasteiger partial charge in [0.15, 0.2) is 0 Å². The molecule has 3 atom stereocenters. The lowest BCUT2D eigenvalue weighted by Crippen LogP contribution is -2.61. The van der Waals surface area contributed by atoms with E-state index < -0.39 is 0 Å². The molecular weight excluding hydrogens is 284 g/mol. The predicted octanol–water partition coefficient (Wildman–Crippen LogP) is 5.15. The van der Waals surface area contributed by atoms with Crippen molar-refractivity contribution < 1.29 is 0 Å². The van der Waals surface area contributed by atoms with Crippen molar-refractivity contribution in [2.24, 2.45) is 4.99 Å². The van der Waals surface area contributed by atoms with Crippen LogP contribution >= 0.6 is 0 Å². The largest absolute Gasteiger partial charge is 0.334 e. The predicted molar refractivity (Wildman–Crippen MR) is 112 cm³/mol. The summed E-state index contributed by atoms with van der Waals surface area (Å²) >= 11 is 0. The number of rotatable bonds is 0. The van der Waals surface area contributed by atoms with E-state index in [-0.39, 0.29) is 50.6 Å². The molecule has 1 saturated heterocycles. The Balaban J connectivity index is -0.000000180. The van der Waals surface area contributed by atoms with Crippen molar-refractivity contribution in [3.05, 3.63) is 24.7 Å². The fraction of sp³-hybridized carbons (Fsp3) is 0.737. The maximum absolute atomic E-state index is 4.80. The van der Waals surface area contributed by atoms with Gasteiger partial charge in [-0.25, -0.2) is 0 Å². The Morgan fingerprint density at radius 3 is 1.70 bits per heavy atom. The molecule has 1 fully saturated rings. The summed E-state index contributed by atoms with van der Waals surface area (Å²) in [7, 11) is 6.17. The third kappa shape index (κ3) is 4.84. The van der Waals surface area contributed by atoms with Gasteiger partial charge in [-0.05, 0) is 20.9 Å². The van der Waals surface area contributed by atoms with E-state index >= 15 is 0 Å². The van der Waals surface area contributed by atoms with Crippen molar-refractivity contribution in [3.8, 4) is 0 Å². The molecule has 4 nitrogen and oxygen atoms in total. The number of hydrogen-bond donors (Lipinski definition) is 0. The highest BCUT2D eigenvalue weighted by atomic mass is 15.4. The fourth-order valence-electron chi connectivity index (χ4n) is 2.51. The molecule has 2 rings (SSSR count). The van der Waals surface area contributed by atoms with Gasteiger partial charge in [0.25, 0.3) is 0 Å². The van der Waals surface area contributed by atoms with E-state index in [9.17, 15) is 0 Å². The molecule has 0 N–H and O–H groups in total. The summed E-state index contributed by atoms with van der Waals surface area (Å²) in [5.41, 5.74) is 1.05. The average molecular weight is 331 g/mol. The molecule has 142 valence electrons. The van der Waals surface area contributed by atoms with Crippen molar-refractivity contribution in [3.63, 3.8) is 0 Å². The van der Waals surface area contributed by atoms with Crippen LogP contribution in [-0.4, -0.2) is 59.8 Å². The topological polar surface area (TPSA) is 22.1 Å². The zero-order valence-corrected chi connectivity index (χ0v) is 11.4. The van der Waals surface area contributed by atoms with Gasteiger partial charge < -0.3 is 9.80 Å². The second kappa shape index (κ2) is 11.3. The first kappa shape index (κ1) is 33.3. The van der Waals surface area contributed by atoms with Gasteiger partial charge >= 0.3 is 0 Å². The molecule has 0 aliphatic carbocycles. The van der Waals surface area contributed by atoms with Gasteiger partial charge in [0.1, 0.15) is 17.7 Å². The smallest absolute Gasteiger partial charge is 0.128 e. The fourth-order valence-corrected chi connectivity index (χ4v) is 2.51. The number of hydrogen-bond acceptors (Lipinski definition) is 4. The minimum absolute atomic E-state index is 0. The number of nitrogens with zero attached hydrogens (tertiary/aromatic N) is 4. The molecule has 0 aromatic rings. The third-order valence-corrected chi connectivity index (χ3v) is 4.19. The lowest BCUT2D eigenvalue weighted by molar-refractivity contribution is 0.161. The molecule has 2 heterocycles. The Kier molecular flexibility index (Phi) is 16.4. The van der Waals surface area contributed by atoms with E-state index in [2.05, 4.69) is 43.9 Å². The van der Waals surface area contributed by atoms with E-state index in [0.717, 1.165) is 17.4 Å². The van der Waals surface area contributed by atoms with Crippen LogP contribution in [0, 0.1) is 0 Å². The third-order valence-electron chi connectivity index (χ3n) is 4.19. The Morgan fingerprint density at radius 2 is 1.26 bits per heavy atom. The lowest BCUT2D eigenvalue weighted by atomic mass is 9.99. The van der Waals surface area contributed by atoms with Crippen molar-refractivity contribution >= 4 is 5.84 Å². The summed E-state index contributed by atoms with van der Waals surface area (Å²) in [4.78, 5) is 11.3. The normalized spacial score (nSPS) is 25.8. The van der Waals surface area contributed by atoms with Crippen molar-refractivity contribution in [1.82, 2.24) is 14.7 Å². The Hall–Kier alpha value is -1.29. The van der Waals surface area contributed by atoms with E-state index in [0.29, 0.717) is 12.1 Å². The van der Waals surface area contributed by atoms with Crippen LogP contribution in [0.5, 0.6) is 0 Å². The van der Waals surface area contributed by atoms with E-state index in [1.54, 1.807) is 0 Å². The van der Waals surface area contributed by atoms with Crippen molar-refractivity contribution in [2.75, 3.05) is 21.1 Å². The zero-order chi connectivity index (χ0) is 12.9. The molecule has 4 heteroatoms. The molecule has 0 amide bonds. The van der Waals surface area contributed by atoms with Crippen molar-refractivity contribution in [1.29, 1.82) is 0 Å². The van der Waals surface area contributed by atoms with Crippen molar-refractivity contribution in [2.45, 2.75) is 76.5 Å². The van der Waals surface area contributed by atoms with Gasteiger partial charge in [-0.1, -0.05) is 57.7 Å². The Labute approximate surface area is 148 Å². The van der Waals surface area contributed by atoms with Gasteiger partial charge in [-0.2, -0.15) is 0 Å². The monoisotopic (exact) mass is 330 g/mol. The average Bonchev–Trinajstić information content (AvgIpc) is 2.30. The minimum atomic E-state index is 0. The molecule has 0 saturated carbocycles. The number of amidine groups is 1. The summed E-state index contributed by atoms with van der Waals surface area (Å²) in [6, 6.07) is 0.896. The maximum Gasteiger partial charge on any atom is 0.128 e. The summed E-state index contributed by atoms with van der Waals surface area (Å²) in [6.45, 7) is 12.6. The lowest BCUT2D eigenvalue weighted by Gasteiger charge is -2.50. The molecule has 3 unspecified atom stereocenters. The minimum Gasteiger partial charge on any atom is -0.334 e. The van der Waals surface area contributed by atoms with Crippen LogP contribution in [0.1, 0.15) is 58.4 Å². The molecule has 2 aliphatic rings. The van der Waals surface area contributed by atoms with Gasteiger partial charge in [-0.15, -0.1) is 0 Å². The van der Waals surface area contributed by atoms with Crippen LogP contribution in [0.15, 0.2) is 29.7 Å². The van der Waals surface area contributed by atoms with Gasteiger partial charge in [0.2, 0.25) is 0 Å². The summed E-state index contributed by atoms with van der Waals surface area (Å²) in [6.07, 6.45) is 0. The zero-order valence-electron chi connectivity index (χ0n) is 11.4. The number of aliphatic imine (C=N–C) groups is 1. The molecule has 0 radical (unpaired) electrons. The second-order valence-corrected chi connectivity index (χ2v) is 5.06. The Bertz CT molecular complexity index is 400. The van der Waals surface area contributed by atoms with Crippen LogP contribution in [-0.2, 0) is 0 Å². The van der Waals surface area contributed by atoms with Crippen LogP contribution < -0.4 is 0 Å². The first-order valence-corrected chi connectivity index (χ1v) is 6.01. The SMILES string of the molecule is C.C.C.C.C.C.C=C1C2C(=NC(C)C(C)N2C)N(C)C(=C)N1C. The quantitative estimate of drug-likeness (QED) is 0.613. The van der Waals surface area contributed by atoms with Gasteiger partial charge in [0, 0.05) is 25.8 Å². The summed E-state index contributed by atoms with van der Waals surface area (Å²) in [5.74, 6) is 1.99. The molecule has 0 spiro atoms. The molecule has 0 bridgehead atoms. The van der Waals surface area contributed by atoms with Crippen LogP contribution in [0.3, 0.4) is 0 Å². The molecule has 23 heavy (non-hydrogen) atoms. The second-order valence-electron chi connectivity index (χ2n) is 5.06. The first-order chi connectivity index (χ1) is 7.86. The van der Waals surface area contributed by atoms with E-state index in [4.69, 9.17) is 4.99 Å². The molecule has 0 aromatic carbocycles. The van der Waals surface area contributed by atoms with Gasteiger partial charge in [0.05, 0.1) is 6.04 Å².